The van der Waals surface area contributed by atoms with Crippen LogP contribution in [0.2, 0.25) is 0 Å². The standard InChI is InChI=1S/C15H12N2O3S/c1-11-2-5-14(6-3-11)21(19,20)17-15-7-4-12(10-18)8-13(15)9-16/h2-8,10,17H,1H3. The molecule has 6 heteroatoms. The fourth-order valence-electron chi connectivity index (χ4n) is 1.74. The van der Waals surface area contributed by atoms with E-state index in [1.807, 2.05) is 13.0 Å². The van der Waals surface area contributed by atoms with Crippen LogP contribution < -0.4 is 4.72 Å². The summed E-state index contributed by atoms with van der Waals surface area (Å²) in [5.74, 6) is 0. The zero-order valence-electron chi connectivity index (χ0n) is 11.2. The van der Waals surface area contributed by atoms with E-state index < -0.39 is 10.0 Å². The van der Waals surface area contributed by atoms with Crippen molar-refractivity contribution in [2.45, 2.75) is 11.8 Å². The molecule has 0 bridgehead atoms. The molecule has 0 aromatic heterocycles. The molecule has 1 N–H and O–H groups in total. The molecule has 5 nitrogen and oxygen atoms in total. The lowest BCUT2D eigenvalue weighted by Gasteiger charge is -2.10. The molecule has 2 aromatic rings. The lowest BCUT2D eigenvalue weighted by molar-refractivity contribution is 0.112. The van der Waals surface area contributed by atoms with Gasteiger partial charge in [0.2, 0.25) is 0 Å². The monoisotopic (exact) mass is 300 g/mol. The average molecular weight is 300 g/mol. The topological polar surface area (TPSA) is 87.0 Å². The number of sulfonamides is 1. The number of anilines is 1. The van der Waals surface area contributed by atoms with Crippen LogP contribution in [-0.2, 0) is 10.0 Å². The first-order chi connectivity index (χ1) is 9.96. The SMILES string of the molecule is Cc1ccc(S(=O)(=O)Nc2ccc(C=O)cc2C#N)cc1. The number of aldehydes is 1. The number of hydrogen-bond donors (Lipinski definition) is 1. The van der Waals surface area contributed by atoms with Crippen molar-refractivity contribution in [2.24, 2.45) is 0 Å². The Balaban J connectivity index is 2.39. The van der Waals surface area contributed by atoms with Gasteiger partial charge in [-0.25, -0.2) is 8.42 Å². The van der Waals surface area contributed by atoms with E-state index in [2.05, 4.69) is 4.72 Å². The minimum Gasteiger partial charge on any atom is -0.298 e. The van der Waals surface area contributed by atoms with Crippen LogP contribution in [0.25, 0.3) is 0 Å². The molecule has 0 unspecified atom stereocenters. The molecule has 0 fully saturated rings. The summed E-state index contributed by atoms with van der Waals surface area (Å²) in [5, 5.41) is 9.04. The van der Waals surface area contributed by atoms with Crippen molar-refractivity contribution in [1.29, 1.82) is 5.26 Å². The number of rotatable bonds is 4. The fourth-order valence-corrected chi connectivity index (χ4v) is 2.82. The number of carbonyl (C=O) groups is 1. The maximum Gasteiger partial charge on any atom is 0.261 e. The van der Waals surface area contributed by atoms with E-state index in [4.69, 9.17) is 5.26 Å². The third-order valence-electron chi connectivity index (χ3n) is 2.88. The Morgan fingerprint density at radius 1 is 1.14 bits per heavy atom. The molecule has 0 aliphatic heterocycles. The van der Waals surface area contributed by atoms with E-state index in [-0.39, 0.29) is 16.1 Å². The number of nitrogens with one attached hydrogen (secondary N) is 1. The molecular weight excluding hydrogens is 288 g/mol. The first-order valence-corrected chi connectivity index (χ1v) is 7.53. The fraction of sp³-hybridized carbons (Fsp3) is 0.0667. The van der Waals surface area contributed by atoms with Crippen LogP contribution in [0.15, 0.2) is 47.4 Å². The smallest absolute Gasteiger partial charge is 0.261 e. The summed E-state index contributed by atoms with van der Waals surface area (Å²) in [5.41, 5.74) is 1.49. The van der Waals surface area contributed by atoms with Crippen LogP contribution in [0.1, 0.15) is 21.5 Å². The largest absolute Gasteiger partial charge is 0.298 e. The van der Waals surface area contributed by atoms with Gasteiger partial charge in [-0.05, 0) is 37.3 Å². The molecule has 0 radical (unpaired) electrons. The van der Waals surface area contributed by atoms with Gasteiger partial charge in [0, 0.05) is 5.56 Å². The van der Waals surface area contributed by atoms with E-state index in [0.29, 0.717) is 11.8 Å². The molecular formula is C15H12N2O3S. The molecule has 0 spiro atoms. The predicted molar refractivity (Wildman–Crippen MR) is 78.5 cm³/mol. The summed E-state index contributed by atoms with van der Waals surface area (Å²) in [6.07, 6.45) is 0.596. The van der Waals surface area contributed by atoms with Crippen molar-refractivity contribution in [3.63, 3.8) is 0 Å². The van der Waals surface area contributed by atoms with E-state index in [0.717, 1.165) is 5.56 Å². The number of benzene rings is 2. The van der Waals surface area contributed by atoms with Crippen molar-refractivity contribution >= 4 is 22.0 Å². The highest BCUT2D eigenvalue weighted by Gasteiger charge is 2.16. The molecule has 0 aliphatic rings. The summed E-state index contributed by atoms with van der Waals surface area (Å²) in [7, 11) is -3.77. The van der Waals surface area contributed by atoms with Gasteiger partial charge in [0.05, 0.1) is 16.1 Å². The summed E-state index contributed by atoms with van der Waals surface area (Å²) >= 11 is 0. The van der Waals surface area contributed by atoms with Gasteiger partial charge >= 0.3 is 0 Å². The zero-order chi connectivity index (χ0) is 15.5. The van der Waals surface area contributed by atoms with E-state index >= 15 is 0 Å². The van der Waals surface area contributed by atoms with Gasteiger partial charge in [0.15, 0.2) is 0 Å². The van der Waals surface area contributed by atoms with Crippen molar-refractivity contribution < 1.29 is 13.2 Å². The molecule has 21 heavy (non-hydrogen) atoms. The summed E-state index contributed by atoms with van der Waals surface area (Å²) in [4.78, 5) is 10.8. The highest BCUT2D eigenvalue weighted by Crippen LogP contribution is 2.21. The summed E-state index contributed by atoms with van der Waals surface area (Å²) in [6, 6.07) is 12.4. The van der Waals surface area contributed by atoms with Gasteiger partial charge in [-0.15, -0.1) is 0 Å². The van der Waals surface area contributed by atoms with Crippen LogP contribution >= 0.6 is 0 Å². The van der Waals surface area contributed by atoms with E-state index in [1.165, 1.54) is 30.3 Å². The van der Waals surface area contributed by atoms with Gasteiger partial charge in [0.1, 0.15) is 12.4 Å². The van der Waals surface area contributed by atoms with Gasteiger partial charge in [-0.3, -0.25) is 9.52 Å². The van der Waals surface area contributed by atoms with Crippen molar-refractivity contribution in [1.82, 2.24) is 0 Å². The van der Waals surface area contributed by atoms with Crippen LogP contribution in [0.3, 0.4) is 0 Å². The van der Waals surface area contributed by atoms with Crippen LogP contribution in [0.4, 0.5) is 5.69 Å². The Morgan fingerprint density at radius 2 is 1.81 bits per heavy atom. The van der Waals surface area contributed by atoms with Gasteiger partial charge < -0.3 is 0 Å². The molecule has 2 rings (SSSR count). The highest BCUT2D eigenvalue weighted by molar-refractivity contribution is 7.92. The van der Waals surface area contributed by atoms with Gasteiger partial charge in [-0.1, -0.05) is 17.7 Å². The first-order valence-electron chi connectivity index (χ1n) is 6.05. The minimum atomic E-state index is -3.77. The average Bonchev–Trinajstić information content (AvgIpc) is 2.47. The second-order valence-electron chi connectivity index (χ2n) is 4.45. The Bertz CT molecular complexity index is 819. The molecule has 0 atom stereocenters. The van der Waals surface area contributed by atoms with Crippen molar-refractivity contribution in [3.05, 3.63) is 59.2 Å². The molecule has 2 aromatic carbocycles. The second-order valence-corrected chi connectivity index (χ2v) is 6.14. The number of carbonyl (C=O) groups excluding carboxylic acids is 1. The zero-order valence-corrected chi connectivity index (χ0v) is 12.0. The minimum absolute atomic E-state index is 0.0929. The Morgan fingerprint density at radius 3 is 2.38 bits per heavy atom. The van der Waals surface area contributed by atoms with Crippen molar-refractivity contribution in [3.8, 4) is 6.07 Å². The lowest BCUT2D eigenvalue weighted by atomic mass is 10.1. The summed E-state index contributed by atoms with van der Waals surface area (Å²) in [6.45, 7) is 1.86. The Hall–Kier alpha value is -2.65. The normalized spacial score (nSPS) is 10.7. The second kappa shape index (κ2) is 5.77. The van der Waals surface area contributed by atoms with E-state index in [1.54, 1.807) is 12.1 Å². The summed E-state index contributed by atoms with van der Waals surface area (Å²) < 4.78 is 26.8. The molecule has 0 saturated heterocycles. The highest BCUT2D eigenvalue weighted by atomic mass is 32.2. The number of hydrogen-bond acceptors (Lipinski definition) is 4. The van der Waals surface area contributed by atoms with Crippen LogP contribution in [-0.4, -0.2) is 14.7 Å². The Labute approximate surface area is 122 Å². The predicted octanol–water partition coefficient (Wildman–Crippen LogP) is 2.48. The quantitative estimate of drug-likeness (QED) is 0.879. The lowest BCUT2D eigenvalue weighted by Crippen LogP contribution is -2.14. The third-order valence-corrected chi connectivity index (χ3v) is 4.26. The molecule has 0 heterocycles. The molecule has 0 amide bonds. The Kier molecular flexibility index (Phi) is 4.05. The van der Waals surface area contributed by atoms with Crippen LogP contribution in [0, 0.1) is 18.3 Å². The number of aryl methyl sites for hydroxylation is 1. The van der Waals surface area contributed by atoms with Crippen LogP contribution in [0.5, 0.6) is 0 Å². The molecule has 106 valence electrons. The van der Waals surface area contributed by atoms with Crippen molar-refractivity contribution in [2.75, 3.05) is 4.72 Å². The van der Waals surface area contributed by atoms with E-state index in [9.17, 15) is 13.2 Å². The van der Waals surface area contributed by atoms with Gasteiger partial charge in [-0.2, -0.15) is 5.26 Å². The maximum absolute atomic E-state index is 12.2. The maximum atomic E-state index is 12.2. The van der Waals surface area contributed by atoms with Gasteiger partial charge in [0.25, 0.3) is 10.0 Å². The molecule has 0 saturated carbocycles. The molecule has 0 aliphatic carbocycles. The third kappa shape index (κ3) is 3.27. The number of nitrogens with zero attached hydrogens (tertiary/aromatic N) is 1. The first kappa shape index (κ1) is 14.8. The number of nitriles is 1.